The fourth-order valence-corrected chi connectivity index (χ4v) is 2.16. The van der Waals surface area contributed by atoms with Gasteiger partial charge in [0, 0.05) is 18.8 Å². The number of nitrogens with zero attached hydrogens (tertiary/aromatic N) is 1. The van der Waals surface area contributed by atoms with Crippen LogP contribution >= 0.6 is 50.9 Å². The Kier molecular flexibility index (Phi) is 13.9. The van der Waals surface area contributed by atoms with Crippen LogP contribution in [0, 0.1) is 5.41 Å². The van der Waals surface area contributed by atoms with Crippen LogP contribution in [0.15, 0.2) is 53.5 Å². The number of hydrogen-bond acceptors (Lipinski definition) is 3. The zero-order valence-electron chi connectivity index (χ0n) is 14.3. The maximum atomic E-state index is 7.67. The van der Waals surface area contributed by atoms with Gasteiger partial charge in [0.25, 0.3) is 0 Å². The van der Waals surface area contributed by atoms with Crippen LogP contribution in [0.2, 0.25) is 0 Å². The largest absolute Gasteiger partial charge is 0.387 e. The number of aliphatic imine (C=N–C) groups is 1. The highest BCUT2D eigenvalue weighted by atomic mass is 79.9. The van der Waals surface area contributed by atoms with E-state index in [-0.39, 0.29) is 50.9 Å². The van der Waals surface area contributed by atoms with Crippen LogP contribution in [-0.2, 0) is 13.1 Å². The van der Waals surface area contributed by atoms with E-state index in [1.165, 1.54) is 11.1 Å². The topological polar surface area (TPSA) is 74.3 Å². The van der Waals surface area contributed by atoms with Crippen molar-refractivity contribution in [2.45, 2.75) is 26.9 Å². The highest BCUT2D eigenvalue weighted by Gasteiger charge is 1.99. The molecule has 0 aliphatic heterocycles. The van der Waals surface area contributed by atoms with Crippen LogP contribution in [-0.4, -0.2) is 11.5 Å². The molecule has 0 aliphatic rings. The first kappa shape index (κ1) is 26.2. The molecule has 0 spiro atoms. The molecule has 138 valence electrons. The minimum absolute atomic E-state index is 0. The number of nitrogens with one attached hydrogen (secondary N) is 2. The van der Waals surface area contributed by atoms with Crippen LogP contribution in [0.25, 0.3) is 0 Å². The lowest BCUT2D eigenvalue weighted by Crippen LogP contribution is -2.13. The van der Waals surface area contributed by atoms with Gasteiger partial charge < -0.3 is 16.5 Å². The third-order valence-electron chi connectivity index (χ3n) is 3.26. The first-order chi connectivity index (χ1) is 10.5. The van der Waals surface area contributed by atoms with Crippen molar-refractivity contribution in [2.75, 3.05) is 0 Å². The van der Waals surface area contributed by atoms with Gasteiger partial charge in [-0.25, -0.2) is 4.99 Å². The van der Waals surface area contributed by atoms with Crippen molar-refractivity contribution in [3.8, 4) is 0 Å². The molecule has 0 fully saturated rings. The van der Waals surface area contributed by atoms with Crippen LogP contribution in [0.3, 0.4) is 0 Å². The van der Waals surface area contributed by atoms with Gasteiger partial charge in [-0.05, 0) is 48.7 Å². The number of halogens is 3. The standard InChI is InChI=1S/C18H22N4.3BrH/c1-13(19)17-5-3-4-16(10-17)12-21-11-15-6-8-18(9-7-15)22-14(2)20;;;/h3-10,19,21H,11-12H2,1-2H3,(H2,20,22);3*1H. The Balaban J connectivity index is 0. The van der Waals surface area contributed by atoms with Crippen molar-refractivity contribution in [3.05, 3.63) is 65.2 Å². The number of amidine groups is 1. The maximum Gasteiger partial charge on any atom is 0.0964 e. The SMILES string of the molecule is Br.Br.Br.CC(=N)c1cccc(CNCc2ccc(N=C(C)N)cc2)c1. The van der Waals surface area contributed by atoms with Gasteiger partial charge in [-0.15, -0.1) is 50.9 Å². The molecule has 4 nitrogen and oxygen atoms in total. The summed E-state index contributed by atoms with van der Waals surface area (Å²) in [6, 6.07) is 16.1. The lowest BCUT2D eigenvalue weighted by molar-refractivity contribution is 0.693. The maximum absolute atomic E-state index is 7.67. The Bertz CT molecular complexity index is 681. The fraction of sp³-hybridized carbons (Fsp3) is 0.222. The Hall–Kier alpha value is -1.02. The number of benzene rings is 2. The molecule has 2 rings (SSSR count). The zero-order valence-corrected chi connectivity index (χ0v) is 19.4. The lowest BCUT2D eigenvalue weighted by atomic mass is 10.1. The third kappa shape index (κ3) is 9.30. The molecular weight excluding hydrogens is 512 g/mol. The molecule has 0 atom stereocenters. The quantitative estimate of drug-likeness (QED) is 0.355. The van der Waals surface area contributed by atoms with Crippen molar-refractivity contribution >= 4 is 68.2 Å². The monoisotopic (exact) mass is 534 g/mol. The Morgan fingerprint density at radius 1 is 0.960 bits per heavy atom. The predicted octanol–water partition coefficient (Wildman–Crippen LogP) is 5.11. The van der Waals surface area contributed by atoms with Crippen LogP contribution in [0.4, 0.5) is 5.69 Å². The van der Waals surface area contributed by atoms with E-state index in [0.717, 1.165) is 24.3 Å². The van der Waals surface area contributed by atoms with Crippen molar-refractivity contribution in [3.63, 3.8) is 0 Å². The normalized spacial score (nSPS) is 10.1. The molecule has 2 aromatic rings. The van der Waals surface area contributed by atoms with E-state index in [0.29, 0.717) is 11.5 Å². The summed E-state index contributed by atoms with van der Waals surface area (Å²) in [6.45, 7) is 5.15. The first-order valence-corrected chi connectivity index (χ1v) is 7.29. The smallest absolute Gasteiger partial charge is 0.0964 e. The van der Waals surface area contributed by atoms with Gasteiger partial charge in [-0.2, -0.15) is 0 Å². The summed E-state index contributed by atoms with van der Waals surface area (Å²) in [4.78, 5) is 4.21. The summed E-state index contributed by atoms with van der Waals surface area (Å²) >= 11 is 0. The molecule has 4 N–H and O–H groups in total. The Morgan fingerprint density at radius 2 is 1.56 bits per heavy atom. The minimum atomic E-state index is 0. The molecule has 0 unspecified atom stereocenters. The molecular formula is C18H25Br3N4. The second-order valence-corrected chi connectivity index (χ2v) is 5.35. The number of hydrogen-bond donors (Lipinski definition) is 3. The van der Waals surface area contributed by atoms with E-state index in [1.54, 1.807) is 13.8 Å². The van der Waals surface area contributed by atoms with E-state index in [9.17, 15) is 0 Å². The molecule has 0 radical (unpaired) electrons. The average Bonchev–Trinajstić information content (AvgIpc) is 2.49. The lowest BCUT2D eigenvalue weighted by Gasteiger charge is -2.07. The molecule has 0 heterocycles. The molecule has 0 bridgehead atoms. The van der Waals surface area contributed by atoms with Gasteiger partial charge in [-0.1, -0.05) is 30.3 Å². The van der Waals surface area contributed by atoms with Crippen LogP contribution in [0.5, 0.6) is 0 Å². The highest BCUT2D eigenvalue weighted by Crippen LogP contribution is 2.13. The van der Waals surface area contributed by atoms with E-state index < -0.39 is 0 Å². The summed E-state index contributed by atoms with van der Waals surface area (Å²) in [6.07, 6.45) is 0. The van der Waals surface area contributed by atoms with Gasteiger partial charge in [-0.3, -0.25) is 0 Å². The molecule has 0 saturated carbocycles. The number of nitrogens with two attached hydrogens (primary N) is 1. The highest BCUT2D eigenvalue weighted by molar-refractivity contribution is 8.93. The summed E-state index contributed by atoms with van der Waals surface area (Å²) in [5.74, 6) is 0.562. The second-order valence-electron chi connectivity index (χ2n) is 5.35. The van der Waals surface area contributed by atoms with Crippen LogP contribution in [0.1, 0.15) is 30.5 Å². The van der Waals surface area contributed by atoms with Crippen molar-refractivity contribution in [2.24, 2.45) is 10.7 Å². The molecule has 0 amide bonds. The van der Waals surface area contributed by atoms with E-state index in [2.05, 4.69) is 22.4 Å². The van der Waals surface area contributed by atoms with Gasteiger partial charge >= 0.3 is 0 Å². The summed E-state index contributed by atoms with van der Waals surface area (Å²) in [5.41, 5.74) is 10.4. The first-order valence-electron chi connectivity index (χ1n) is 7.29. The summed E-state index contributed by atoms with van der Waals surface area (Å²) in [7, 11) is 0. The molecule has 7 heteroatoms. The minimum Gasteiger partial charge on any atom is -0.387 e. The van der Waals surface area contributed by atoms with E-state index >= 15 is 0 Å². The van der Waals surface area contributed by atoms with E-state index in [4.69, 9.17) is 11.1 Å². The average molecular weight is 537 g/mol. The van der Waals surface area contributed by atoms with Gasteiger partial charge in [0.05, 0.1) is 11.5 Å². The third-order valence-corrected chi connectivity index (χ3v) is 3.26. The summed E-state index contributed by atoms with van der Waals surface area (Å²) < 4.78 is 0. The Morgan fingerprint density at radius 3 is 2.12 bits per heavy atom. The van der Waals surface area contributed by atoms with Crippen molar-refractivity contribution in [1.29, 1.82) is 5.41 Å². The summed E-state index contributed by atoms with van der Waals surface area (Å²) in [5, 5.41) is 11.1. The molecule has 0 aromatic heterocycles. The predicted molar refractivity (Wildman–Crippen MR) is 124 cm³/mol. The molecule has 25 heavy (non-hydrogen) atoms. The second kappa shape index (κ2) is 13.2. The Labute approximate surface area is 181 Å². The van der Waals surface area contributed by atoms with E-state index in [1.807, 2.05) is 36.4 Å². The van der Waals surface area contributed by atoms with Gasteiger partial charge in [0.2, 0.25) is 0 Å². The van der Waals surface area contributed by atoms with Gasteiger partial charge in [0.1, 0.15) is 0 Å². The van der Waals surface area contributed by atoms with Crippen molar-refractivity contribution in [1.82, 2.24) is 5.32 Å². The number of rotatable bonds is 6. The fourth-order valence-electron chi connectivity index (χ4n) is 2.16. The van der Waals surface area contributed by atoms with Crippen LogP contribution < -0.4 is 11.1 Å². The van der Waals surface area contributed by atoms with Gasteiger partial charge in [0.15, 0.2) is 0 Å². The molecule has 0 saturated heterocycles. The molecule has 0 aliphatic carbocycles. The zero-order chi connectivity index (χ0) is 15.9. The molecule has 2 aromatic carbocycles. The van der Waals surface area contributed by atoms with Crippen molar-refractivity contribution < 1.29 is 0 Å².